The smallest absolute Gasteiger partial charge is 0.311 e. The maximum absolute atomic E-state index is 13.1. The van der Waals surface area contributed by atoms with Crippen molar-refractivity contribution in [1.29, 1.82) is 0 Å². The molecule has 1 aromatic heterocycles. The summed E-state index contributed by atoms with van der Waals surface area (Å²) >= 11 is 7.95. The van der Waals surface area contributed by atoms with Gasteiger partial charge in [-0.15, -0.1) is 21.9 Å². The molecule has 206 valence electrons. The van der Waals surface area contributed by atoms with Crippen LogP contribution in [0.4, 0.5) is 0 Å². The van der Waals surface area contributed by atoms with E-state index in [0.717, 1.165) is 21.7 Å². The van der Waals surface area contributed by atoms with Gasteiger partial charge in [0.2, 0.25) is 0 Å². The maximum Gasteiger partial charge on any atom is 0.311 e. The Labute approximate surface area is 233 Å². The highest BCUT2D eigenvalue weighted by Gasteiger charge is 2.34. The molecule has 3 aromatic rings. The third-order valence-corrected chi connectivity index (χ3v) is 7.67. The normalized spacial score (nSPS) is 12.2. The predicted molar refractivity (Wildman–Crippen MR) is 154 cm³/mol. The summed E-state index contributed by atoms with van der Waals surface area (Å²) in [5, 5.41) is 11.4. The lowest BCUT2D eigenvalue weighted by molar-refractivity contribution is -0.757. The average molecular weight is 561 g/mol. The largest absolute Gasteiger partial charge is 0.463 e. The van der Waals surface area contributed by atoms with E-state index in [2.05, 4.69) is 62.2 Å². The van der Waals surface area contributed by atoms with E-state index in [9.17, 15) is 14.9 Å². The highest BCUT2D eigenvalue weighted by Crippen LogP contribution is 2.44. The van der Waals surface area contributed by atoms with Gasteiger partial charge in [-0.3, -0.25) is 4.79 Å². The molecule has 0 aliphatic heterocycles. The van der Waals surface area contributed by atoms with Crippen LogP contribution in [0.5, 0.6) is 0 Å². The molecule has 7 nitrogen and oxygen atoms in total. The summed E-state index contributed by atoms with van der Waals surface area (Å²) in [4.78, 5) is 29.0. The summed E-state index contributed by atoms with van der Waals surface area (Å²) in [5.74, 6) is -0.0509. The van der Waals surface area contributed by atoms with E-state index in [1.54, 1.807) is 11.8 Å². The minimum atomic E-state index is -0.893. The van der Waals surface area contributed by atoms with Gasteiger partial charge in [0.05, 0.1) is 5.41 Å². The van der Waals surface area contributed by atoms with E-state index in [1.807, 2.05) is 38.1 Å². The first-order valence-corrected chi connectivity index (χ1v) is 13.9. The van der Waals surface area contributed by atoms with Crippen LogP contribution in [0.25, 0.3) is 10.9 Å². The predicted octanol–water partition coefficient (Wildman–Crippen LogP) is 7.68. The molecule has 38 heavy (non-hydrogen) atoms. The Kier molecular flexibility index (Phi) is 9.42. The zero-order valence-electron chi connectivity index (χ0n) is 23.2. The van der Waals surface area contributed by atoms with Crippen molar-refractivity contribution in [2.45, 2.75) is 77.0 Å². The van der Waals surface area contributed by atoms with E-state index in [1.165, 1.54) is 10.9 Å². The first-order valence-electron chi connectivity index (χ1n) is 12.7. The number of esters is 1. The minimum Gasteiger partial charge on any atom is -0.463 e. The summed E-state index contributed by atoms with van der Waals surface area (Å²) in [6, 6.07) is 14.4. The fourth-order valence-electron chi connectivity index (χ4n) is 4.23. The Morgan fingerprint density at radius 1 is 1.08 bits per heavy atom. The Morgan fingerprint density at radius 2 is 1.74 bits per heavy atom. The van der Waals surface area contributed by atoms with Crippen molar-refractivity contribution in [2.75, 3.05) is 13.2 Å². The molecule has 0 fully saturated rings. The van der Waals surface area contributed by atoms with Crippen LogP contribution < -0.4 is 0 Å². The van der Waals surface area contributed by atoms with Crippen LogP contribution in [0, 0.1) is 15.5 Å². The molecule has 0 spiro atoms. The van der Waals surface area contributed by atoms with Gasteiger partial charge in [0.1, 0.15) is 13.2 Å². The van der Waals surface area contributed by atoms with Gasteiger partial charge < -0.3 is 14.1 Å². The fraction of sp³-hybridized carbons (Fsp3) is 0.483. The average Bonchev–Trinajstić information content (AvgIpc) is 3.07. The van der Waals surface area contributed by atoms with E-state index in [0.29, 0.717) is 23.9 Å². The Balaban J connectivity index is 2.12. The highest BCUT2D eigenvalue weighted by molar-refractivity contribution is 8.00. The van der Waals surface area contributed by atoms with Crippen molar-refractivity contribution in [2.24, 2.45) is 5.41 Å². The van der Waals surface area contributed by atoms with E-state index < -0.39 is 16.5 Å². The monoisotopic (exact) mass is 560 g/mol. The van der Waals surface area contributed by atoms with E-state index in [4.69, 9.17) is 16.3 Å². The zero-order chi connectivity index (χ0) is 28.3. The third-order valence-electron chi connectivity index (χ3n) is 6.15. The number of ether oxygens (including phenoxy) is 1. The second kappa shape index (κ2) is 12.0. The number of thioether (sulfide) groups is 1. The van der Waals surface area contributed by atoms with Crippen LogP contribution in [0.3, 0.4) is 0 Å². The first kappa shape index (κ1) is 29.8. The van der Waals surface area contributed by atoms with Gasteiger partial charge in [0, 0.05) is 44.2 Å². The Bertz CT molecular complexity index is 1290. The van der Waals surface area contributed by atoms with Crippen molar-refractivity contribution in [3.05, 3.63) is 74.4 Å². The number of carbonyl (C=O) groups is 1. The Morgan fingerprint density at radius 3 is 2.32 bits per heavy atom. The quantitative estimate of drug-likeness (QED) is 0.0786. The van der Waals surface area contributed by atoms with Gasteiger partial charge in [-0.05, 0) is 55.2 Å². The van der Waals surface area contributed by atoms with Crippen molar-refractivity contribution >= 4 is 40.2 Å². The Hall–Kier alpha value is -2.71. The lowest BCUT2D eigenvalue weighted by atomic mass is 9.87. The minimum absolute atomic E-state index is 0.0630. The number of aromatic nitrogens is 1. The summed E-state index contributed by atoms with van der Waals surface area (Å²) in [7, 11) is 0. The molecule has 2 aromatic carbocycles. The van der Waals surface area contributed by atoms with Crippen LogP contribution in [-0.4, -0.2) is 33.6 Å². The summed E-state index contributed by atoms with van der Waals surface area (Å²) in [6.45, 7) is 14.8. The zero-order valence-corrected chi connectivity index (χ0v) is 24.7. The van der Waals surface area contributed by atoms with Gasteiger partial charge in [-0.1, -0.05) is 64.4 Å². The van der Waals surface area contributed by atoms with Crippen molar-refractivity contribution in [1.82, 2.24) is 4.57 Å². The number of nitrogens with zero attached hydrogens (tertiary/aromatic N) is 2. The lowest BCUT2D eigenvalue weighted by Gasteiger charge is -2.26. The van der Waals surface area contributed by atoms with Crippen molar-refractivity contribution in [3.8, 4) is 0 Å². The van der Waals surface area contributed by atoms with Crippen LogP contribution >= 0.6 is 23.4 Å². The number of benzene rings is 2. The molecule has 3 rings (SSSR count). The number of halogens is 1. The van der Waals surface area contributed by atoms with Crippen molar-refractivity contribution < 1.29 is 19.5 Å². The molecule has 0 N–H and O–H groups in total. The fourth-order valence-corrected chi connectivity index (χ4v) is 5.55. The lowest BCUT2D eigenvalue weighted by Crippen LogP contribution is -2.31. The van der Waals surface area contributed by atoms with E-state index in [-0.39, 0.29) is 18.0 Å². The van der Waals surface area contributed by atoms with E-state index >= 15 is 0 Å². The molecule has 0 radical (unpaired) electrons. The van der Waals surface area contributed by atoms with Gasteiger partial charge >= 0.3 is 5.97 Å². The SMILES string of the molecule is CC(C)c1ccc2c(c1)c(SC(C)(C)C)c(CC(C)(C)C(=O)OCCO[N+](=O)[O-])n2Cc1ccc(Cl)cc1. The van der Waals surface area contributed by atoms with Crippen LogP contribution in [0.1, 0.15) is 71.2 Å². The van der Waals surface area contributed by atoms with Crippen LogP contribution in [-0.2, 0) is 27.3 Å². The number of hydrogen-bond donors (Lipinski definition) is 0. The second-order valence-corrected chi connectivity index (χ2v) is 13.7. The molecule has 0 aliphatic rings. The molecule has 0 unspecified atom stereocenters. The molecule has 9 heteroatoms. The number of hydrogen-bond acceptors (Lipinski definition) is 6. The second-order valence-electron chi connectivity index (χ2n) is 11.4. The summed E-state index contributed by atoms with van der Waals surface area (Å²) in [6.07, 6.45) is 0.430. The van der Waals surface area contributed by atoms with Crippen LogP contribution in [0.15, 0.2) is 47.4 Å². The molecule has 0 saturated carbocycles. The highest BCUT2D eigenvalue weighted by atomic mass is 35.5. The molecule has 1 heterocycles. The number of carbonyl (C=O) groups excluding carboxylic acids is 1. The maximum atomic E-state index is 13.1. The summed E-state index contributed by atoms with van der Waals surface area (Å²) in [5.41, 5.74) is 3.64. The summed E-state index contributed by atoms with van der Waals surface area (Å²) < 4.78 is 7.60. The topological polar surface area (TPSA) is 83.6 Å². The molecule has 0 atom stereocenters. The molecule has 0 saturated heterocycles. The van der Waals surface area contributed by atoms with Gasteiger partial charge in [-0.2, -0.15) is 0 Å². The molecular formula is C29H37ClN2O5S. The molecule has 0 amide bonds. The number of rotatable bonds is 11. The first-order chi connectivity index (χ1) is 17.7. The van der Waals surface area contributed by atoms with Gasteiger partial charge in [0.15, 0.2) is 0 Å². The van der Waals surface area contributed by atoms with Crippen molar-refractivity contribution in [3.63, 3.8) is 0 Å². The molecule has 0 bridgehead atoms. The molecule has 0 aliphatic carbocycles. The number of fused-ring (bicyclic) bond motifs is 1. The van der Waals surface area contributed by atoms with Crippen LogP contribution in [0.2, 0.25) is 5.02 Å². The standard InChI is InChI=1S/C29H37ClN2O5S/c1-19(2)21-10-13-24-23(16-21)26(38-28(3,4)5)25(31(24)18-20-8-11-22(30)12-9-20)17-29(6,7)27(33)36-14-15-37-32(34)35/h8-13,16,19H,14-15,17-18H2,1-7H3. The van der Waals surface area contributed by atoms with Gasteiger partial charge in [-0.25, -0.2) is 0 Å². The molecular weight excluding hydrogens is 524 g/mol. The van der Waals surface area contributed by atoms with Gasteiger partial charge in [0.25, 0.3) is 5.09 Å². The third kappa shape index (κ3) is 7.67.